The summed E-state index contributed by atoms with van der Waals surface area (Å²) in [6, 6.07) is 0. The first kappa shape index (κ1) is 7.72. The summed E-state index contributed by atoms with van der Waals surface area (Å²) in [6.45, 7) is 6.15. The van der Waals surface area contributed by atoms with Crippen LogP contribution < -0.4 is 5.32 Å². The third kappa shape index (κ3) is 1.80. The molecule has 1 aliphatic heterocycles. The van der Waals surface area contributed by atoms with Crippen molar-refractivity contribution >= 4 is 17.9 Å². The Balaban J connectivity index is 2.33. The van der Waals surface area contributed by atoms with Crippen molar-refractivity contribution in [3.8, 4) is 0 Å². The summed E-state index contributed by atoms with van der Waals surface area (Å²) in [5, 5.41) is 10.9. The summed E-state index contributed by atoms with van der Waals surface area (Å²) in [7, 11) is 0. The third-order valence-corrected chi connectivity index (χ3v) is 2.24. The number of guanidine groups is 1. The van der Waals surface area contributed by atoms with E-state index in [9.17, 15) is 0 Å². The van der Waals surface area contributed by atoms with Gasteiger partial charge in [-0.1, -0.05) is 13.8 Å². The van der Waals surface area contributed by atoms with Crippen molar-refractivity contribution in [2.24, 2.45) is 0 Å². The zero-order valence-electron chi connectivity index (χ0n) is 6.35. The number of hydrogen-bond acceptors (Lipinski definition) is 2. The molecular weight excluding hydrogens is 146 g/mol. The normalized spacial score (nSPS) is 18.3. The molecule has 0 aromatic rings. The smallest absolute Gasteiger partial charge is 0.201 e. The molecule has 1 aliphatic rings. The summed E-state index contributed by atoms with van der Waals surface area (Å²) in [5.74, 6) is 0.554. The first-order chi connectivity index (χ1) is 4.70. The van der Waals surface area contributed by atoms with Gasteiger partial charge in [0.1, 0.15) is 0 Å². The molecule has 0 aliphatic carbocycles. The lowest BCUT2D eigenvalue weighted by atomic mass is 10.6. The predicted octanol–water partition coefficient (Wildman–Crippen LogP) is 0.883. The molecule has 0 aromatic carbocycles. The van der Waals surface area contributed by atoms with Gasteiger partial charge < -0.3 is 5.32 Å². The standard InChI is InChI=1S/C6H13N3S/c1-5(2)10-9-4-3-8-6(9)7/h5H,3-4H2,1-2H3,(H2,7,8). The first-order valence-corrected chi connectivity index (χ1v) is 4.30. The third-order valence-electron chi connectivity index (χ3n) is 1.19. The highest BCUT2D eigenvalue weighted by atomic mass is 32.2. The minimum absolute atomic E-state index is 0.554. The van der Waals surface area contributed by atoms with Crippen LogP contribution in [-0.2, 0) is 0 Å². The monoisotopic (exact) mass is 159 g/mol. The molecule has 0 spiro atoms. The Bertz CT molecular complexity index is 135. The van der Waals surface area contributed by atoms with Crippen LogP contribution in [0, 0.1) is 5.41 Å². The van der Waals surface area contributed by atoms with Crippen molar-refractivity contribution in [2.45, 2.75) is 19.1 Å². The lowest BCUT2D eigenvalue weighted by molar-refractivity contribution is 0.736. The maximum Gasteiger partial charge on any atom is 0.201 e. The van der Waals surface area contributed by atoms with Crippen LogP contribution in [0.25, 0.3) is 0 Å². The summed E-state index contributed by atoms with van der Waals surface area (Å²) in [5.41, 5.74) is 0. The highest BCUT2D eigenvalue weighted by Crippen LogP contribution is 2.17. The molecular formula is C6H13N3S. The van der Waals surface area contributed by atoms with Gasteiger partial charge in [0, 0.05) is 18.3 Å². The van der Waals surface area contributed by atoms with Crippen LogP contribution in [0.15, 0.2) is 0 Å². The molecule has 4 heteroatoms. The van der Waals surface area contributed by atoms with Gasteiger partial charge in [0.25, 0.3) is 0 Å². The van der Waals surface area contributed by atoms with Crippen LogP contribution in [-0.4, -0.2) is 28.6 Å². The molecule has 0 amide bonds. The summed E-state index contributed by atoms with van der Waals surface area (Å²) in [4.78, 5) is 0. The zero-order chi connectivity index (χ0) is 7.56. The number of nitrogens with zero attached hydrogens (tertiary/aromatic N) is 1. The van der Waals surface area contributed by atoms with Gasteiger partial charge in [0.15, 0.2) is 0 Å². The highest BCUT2D eigenvalue weighted by Gasteiger charge is 2.17. The second kappa shape index (κ2) is 3.14. The fraction of sp³-hybridized carbons (Fsp3) is 0.833. The molecule has 0 saturated carbocycles. The first-order valence-electron chi connectivity index (χ1n) is 3.47. The average molecular weight is 159 g/mol. The van der Waals surface area contributed by atoms with Crippen LogP contribution in [0.5, 0.6) is 0 Å². The molecule has 1 fully saturated rings. The second-order valence-corrected chi connectivity index (χ2v) is 4.13. The Labute approximate surface area is 65.8 Å². The van der Waals surface area contributed by atoms with Gasteiger partial charge in [0.2, 0.25) is 5.96 Å². The molecule has 0 unspecified atom stereocenters. The summed E-state index contributed by atoms with van der Waals surface area (Å²) >= 11 is 1.72. The number of nitrogens with one attached hydrogen (secondary N) is 2. The lowest BCUT2D eigenvalue weighted by Crippen LogP contribution is -2.24. The lowest BCUT2D eigenvalue weighted by Gasteiger charge is -2.16. The molecule has 1 heterocycles. The molecule has 0 radical (unpaired) electrons. The van der Waals surface area contributed by atoms with Crippen molar-refractivity contribution in [3.05, 3.63) is 0 Å². The van der Waals surface area contributed by atoms with E-state index in [1.54, 1.807) is 11.9 Å². The van der Waals surface area contributed by atoms with Gasteiger partial charge in [-0.15, -0.1) is 0 Å². The second-order valence-electron chi connectivity index (χ2n) is 2.53. The molecule has 2 N–H and O–H groups in total. The van der Waals surface area contributed by atoms with Gasteiger partial charge in [-0.25, -0.2) is 0 Å². The van der Waals surface area contributed by atoms with Crippen LogP contribution >= 0.6 is 11.9 Å². The fourth-order valence-corrected chi connectivity index (χ4v) is 1.71. The summed E-state index contributed by atoms with van der Waals surface area (Å²) < 4.78 is 1.99. The van der Waals surface area contributed by atoms with E-state index >= 15 is 0 Å². The van der Waals surface area contributed by atoms with E-state index in [1.165, 1.54) is 0 Å². The zero-order valence-corrected chi connectivity index (χ0v) is 7.16. The predicted molar refractivity (Wildman–Crippen MR) is 45.2 cm³/mol. The van der Waals surface area contributed by atoms with E-state index in [4.69, 9.17) is 5.41 Å². The minimum Gasteiger partial charge on any atom is -0.354 e. The van der Waals surface area contributed by atoms with E-state index in [-0.39, 0.29) is 0 Å². The molecule has 58 valence electrons. The van der Waals surface area contributed by atoms with Gasteiger partial charge >= 0.3 is 0 Å². The Morgan fingerprint density at radius 3 is 2.80 bits per heavy atom. The Morgan fingerprint density at radius 1 is 1.70 bits per heavy atom. The van der Waals surface area contributed by atoms with E-state index < -0.39 is 0 Å². The molecule has 0 bridgehead atoms. The summed E-state index contributed by atoms with van der Waals surface area (Å²) in [6.07, 6.45) is 0. The van der Waals surface area contributed by atoms with Crippen LogP contribution in [0.4, 0.5) is 0 Å². The van der Waals surface area contributed by atoms with Gasteiger partial charge in [-0.05, 0) is 11.9 Å². The van der Waals surface area contributed by atoms with Gasteiger partial charge in [-0.2, -0.15) is 0 Å². The molecule has 3 nitrogen and oxygen atoms in total. The topological polar surface area (TPSA) is 39.1 Å². The molecule has 10 heavy (non-hydrogen) atoms. The van der Waals surface area contributed by atoms with Crippen molar-refractivity contribution < 1.29 is 0 Å². The Kier molecular flexibility index (Phi) is 2.43. The van der Waals surface area contributed by atoms with E-state index in [1.807, 2.05) is 4.31 Å². The molecule has 1 saturated heterocycles. The highest BCUT2D eigenvalue weighted by molar-refractivity contribution is 7.98. The van der Waals surface area contributed by atoms with E-state index in [0.29, 0.717) is 11.2 Å². The molecule has 0 aromatic heterocycles. The molecule has 0 atom stereocenters. The largest absolute Gasteiger partial charge is 0.354 e. The molecule has 1 rings (SSSR count). The minimum atomic E-state index is 0.554. The van der Waals surface area contributed by atoms with Crippen LogP contribution in [0.1, 0.15) is 13.8 Å². The van der Waals surface area contributed by atoms with Crippen molar-refractivity contribution in [1.29, 1.82) is 5.41 Å². The Hall–Kier alpha value is -0.380. The average Bonchev–Trinajstić information content (AvgIpc) is 2.15. The van der Waals surface area contributed by atoms with Crippen LogP contribution in [0.2, 0.25) is 0 Å². The van der Waals surface area contributed by atoms with Crippen molar-refractivity contribution in [2.75, 3.05) is 13.1 Å². The number of hydrogen-bond donors (Lipinski definition) is 2. The fourth-order valence-electron chi connectivity index (χ4n) is 0.836. The maximum atomic E-state index is 7.39. The van der Waals surface area contributed by atoms with E-state index in [2.05, 4.69) is 19.2 Å². The SMILES string of the molecule is CC(C)SN1CCNC1=N. The van der Waals surface area contributed by atoms with Crippen LogP contribution in [0.3, 0.4) is 0 Å². The van der Waals surface area contributed by atoms with Crippen molar-refractivity contribution in [3.63, 3.8) is 0 Å². The quantitative estimate of drug-likeness (QED) is 0.588. The number of rotatable bonds is 2. The van der Waals surface area contributed by atoms with Gasteiger partial charge in [-0.3, -0.25) is 9.71 Å². The Morgan fingerprint density at radius 2 is 2.40 bits per heavy atom. The maximum absolute atomic E-state index is 7.39. The van der Waals surface area contributed by atoms with E-state index in [0.717, 1.165) is 13.1 Å². The van der Waals surface area contributed by atoms with Crippen molar-refractivity contribution in [1.82, 2.24) is 9.62 Å². The van der Waals surface area contributed by atoms with Gasteiger partial charge in [0.05, 0.1) is 0 Å².